The van der Waals surface area contributed by atoms with Crippen LogP contribution in [0.5, 0.6) is 0 Å². The molecule has 5 rings (SSSR count). The van der Waals surface area contributed by atoms with E-state index in [1.54, 1.807) is 0 Å². The molecule has 32 heavy (non-hydrogen) atoms. The Morgan fingerprint density at radius 1 is 1.22 bits per heavy atom. The molecular weight excluding hydrogens is 425 g/mol. The number of nitrogens with two attached hydrogens (primary N) is 1. The van der Waals surface area contributed by atoms with Gasteiger partial charge in [-0.25, -0.2) is 4.39 Å². The van der Waals surface area contributed by atoms with Crippen LogP contribution in [0.25, 0.3) is 15.9 Å². The zero-order valence-electron chi connectivity index (χ0n) is 18.5. The van der Waals surface area contributed by atoms with Gasteiger partial charge in [-0.15, -0.1) is 11.3 Å². The number of primary amides is 1. The minimum atomic E-state index is -0.778. The molecule has 1 amide bonds. The van der Waals surface area contributed by atoms with Gasteiger partial charge in [0.15, 0.2) is 5.78 Å². The SMILES string of the molecule is CC1(C)CC(=O)c2c(n(-c3cc(F)c(C(N)=O)c(NC4CCCCC4)c3)c3sccc23)C1. The minimum Gasteiger partial charge on any atom is -0.382 e. The van der Waals surface area contributed by atoms with Crippen molar-refractivity contribution in [2.45, 2.75) is 64.8 Å². The molecule has 2 aromatic heterocycles. The third-order valence-electron chi connectivity index (χ3n) is 6.78. The lowest BCUT2D eigenvalue weighted by molar-refractivity contribution is 0.0911. The van der Waals surface area contributed by atoms with Crippen LogP contribution >= 0.6 is 11.3 Å². The Bertz CT molecular complexity index is 1230. The van der Waals surface area contributed by atoms with Crippen LogP contribution < -0.4 is 11.1 Å². The van der Waals surface area contributed by atoms with Crippen molar-refractivity contribution >= 4 is 38.9 Å². The number of rotatable bonds is 4. The Labute approximate surface area is 190 Å². The van der Waals surface area contributed by atoms with Crippen molar-refractivity contribution in [3.8, 4) is 5.69 Å². The van der Waals surface area contributed by atoms with Crippen LogP contribution in [0.1, 0.15) is 78.8 Å². The average Bonchev–Trinajstić information content (AvgIpc) is 3.26. The van der Waals surface area contributed by atoms with E-state index in [1.165, 1.54) is 23.8 Å². The number of halogens is 1. The number of fused-ring (bicyclic) bond motifs is 3. The van der Waals surface area contributed by atoms with Crippen molar-refractivity contribution in [3.05, 3.63) is 46.2 Å². The zero-order valence-corrected chi connectivity index (χ0v) is 19.3. The van der Waals surface area contributed by atoms with Crippen LogP contribution in [-0.2, 0) is 6.42 Å². The molecule has 0 atom stereocenters. The van der Waals surface area contributed by atoms with Gasteiger partial charge in [0.2, 0.25) is 0 Å². The second-order valence-electron chi connectivity index (χ2n) is 9.93. The maximum Gasteiger partial charge on any atom is 0.253 e. The molecule has 7 heteroatoms. The van der Waals surface area contributed by atoms with Crippen LogP contribution in [0.3, 0.4) is 0 Å². The summed E-state index contributed by atoms with van der Waals surface area (Å²) < 4.78 is 17.3. The number of thiophene rings is 1. The molecule has 0 saturated heterocycles. The lowest BCUT2D eigenvalue weighted by Crippen LogP contribution is -2.28. The van der Waals surface area contributed by atoms with Gasteiger partial charge in [-0.1, -0.05) is 33.1 Å². The van der Waals surface area contributed by atoms with Gasteiger partial charge in [0.1, 0.15) is 10.6 Å². The van der Waals surface area contributed by atoms with Gasteiger partial charge in [0.05, 0.1) is 16.9 Å². The zero-order chi connectivity index (χ0) is 22.6. The van der Waals surface area contributed by atoms with Gasteiger partial charge < -0.3 is 15.6 Å². The summed E-state index contributed by atoms with van der Waals surface area (Å²) in [4.78, 5) is 26.1. The summed E-state index contributed by atoms with van der Waals surface area (Å²) in [6.07, 6.45) is 6.62. The van der Waals surface area contributed by atoms with E-state index < -0.39 is 11.7 Å². The number of amides is 1. The first-order chi connectivity index (χ1) is 15.2. The molecule has 168 valence electrons. The molecule has 0 spiro atoms. The standard InChI is InChI=1S/C25H28FN3O2S/c1-25(2)12-19-21(20(30)13-25)16-8-9-32-24(16)29(19)15-10-17(26)22(23(27)31)18(11-15)28-14-6-4-3-5-7-14/h8-11,14,28H,3-7,12-13H2,1-2H3,(H2,27,31). The Balaban J connectivity index is 1.70. The quantitative estimate of drug-likeness (QED) is 0.522. The van der Waals surface area contributed by atoms with Gasteiger partial charge in [-0.05, 0) is 48.3 Å². The number of ketones is 1. The van der Waals surface area contributed by atoms with E-state index in [4.69, 9.17) is 5.73 Å². The van der Waals surface area contributed by atoms with E-state index in [2.05, 4.69) is 19.2 Å². The molecule has 2 heterocycles. The van der Waals surface area contributed by atoms with Crippen LogP contribution in [-0.4, -0.2) is 22.3 Å². The molecule has 0 unspecified atom stereocenters. The normalized spacial score (nSPS) is 18.7. The van der Waals surface area contributed by atoms with Crippen molar-refractivity contribution in [1.82, 2.24) is 4.57 Å². The predicted molar refractivity (Wildman–Crippen MR) is 127 cm³/mol. The fourth-order valence-electron chi connectivity index (χ4n) is 5.40. The first-order valence-electron chi connectivity index (χ1n) is 11.3. The van der Waals surface area contributed by atoms with Crippen LogP contribution in [0.2, 0.25) is 0 Å². The maximum atomic E-state index is 15.3. The van der Waals surface area contributed by atoms with Gasteiger partial charge in [0.25, 0.3) is 5.91 Å². The monoisotopic (exact) mass is 453 g/mol. The molecule has 1 fully saturated rings. The molecule has 0 radical (unpaired) electrons. The lowest BCUT2D eigenvalue weighted by Gasteiger charge is -2.30. The summed E-state index contributed by atoms with van der Waals surface area (Å²) in [6.45, 7) is 4.18. The van der Waals surface area contributed by atoms with Gasteiger partial charge in [0, 0.05) is 29.1 Å². The molecule has 2 aliphatic rings. The van der Waals surface area contributed by atoms with E-state index in [1.807, 2.05) is 22.1 Å². The molecule has 3 aromatic rings. The number of aromatic nitrogens is 1. The molecule has 5 nitrogen and oxygen atoms in total. The second kappa shape index (κ2) is 7.73. The number of hydrogen-bond acceptors (Lipinski definition) is 4. The predicted octanol–water partition coefficient (Wildman–Crippen LogP) is 5.83. The number of nitrogens with one attached hydrogen (secondary N) is 1. The summed E-state index contributed by atoms with van der Waals surface area (Å²) in [5.41, 5.74) is 8.02. The van der Waals surface area contributed by atoms with Crippen molar-refractivity contribution in [3.63, 3.8) is 0 Å². The first-order valence-corrected chi connectivity index (χ1v) is 12.2. The van der Waals surface area contributed by atoms with Gasteiger partial charge in [-0.2, -0.15) is 0 Å². The average molecular weight is 454 g/mol. The minimum absolute atomic E-state index is 0.0980. The highest BCUT2D eigenvalue weighted by atomic mass is 32.1. The third kappa shape index (κ3) is 3.52. The largest absolute Gasteiger partial charge is 0.382 e. The third-order valence-corrected chi connectivity index (χ3v) is 7.68. The fourth-order valence-corrected chi connectivity index (χ4v) is 6.35. The van der Waals surface area contributed by atoms with E-state index in [-0.39, 0.29) is 22.8 Å². The summed E-state index contributed by atoms with van der Waals surface area (Å²) in [6, 6.07) is 5.36. The molecule has 2 aliphatic carbocycles. The Hall–Kier alpha value is -2.67. The highest BCUT2D eigenvalue weighted by Gasteiger charge is 2.36. The number of carbonyl (C=O) groups is 2. The highest BCUT2D eigenvalue weighted by Crippen LogP contribution is 2.43. The molecule has 0 aliphatic heterocycles. The molecule has 1 saturated carbocycles. The number of benzene rings is 1. The second-order valence-corrected chi connectivity index (χ2v) is 10.8. The number of anilines is 1. The number of Topliss-reactive ketones (excluding diaryl/α,β-unsaturated/α-hetero) is 1. The molecule has 3 N–H and O–H groups in total. The number of nitrogens with zero attached hydrogens (tertiary/aromatic N) is 1. The van der Waals surface area contributed by atoms with Gasteiger partial charge in [-0.3, -0.25) is 9.59 Å². The maximum absolute atomic E-state index is 15.3. The Kier molecular flexibility index (Phi) is 5.12. The smallest absolute Gasteiger partial charge is 0.253 e. The van der Waals surface area contributed by atoms with Crippen LogP contribution in [0.15, 0.2) is 23.6 Å². The van der Waals surface area contributed by atoms with Crippen molar-refractivity contribution in [1.29, 1.82) is 0 Å². The summed E-state index contributed by atoms with van der Waals surface area (Å²) >= 11 is 1.54. The lowest BCUT2D eigenvalue weighted by atomic mass is 9.76. The van der Waals surface area contributed by atoms with Gasteiger partial charge >= 0.3 is 0 Å². The summed E-state index contributed by atoms with van der Waals surface area (Å²) in [5, 5.41) is 6.29. The topological polar surface area (TPSA) is 77.1 Å². The Morgan fingerprint density at radius 2 is 1.97 bits per heavy atom. The van der Waals surface area contributed by atoms with Crippen molar-refractivity contribution < 1.29 is 14.0 Å². The van der Waals surface area contributed by atoms with E-state index in [0.717, 1.165) is 53.6 Å². The molecular formula is C25H28FN3O2S. The van der Waals surface area contributed by atoms with Crippen molar-refractivity contribution in [2.75, 3.05) is 5.32 Å². The summed E-state index contributed by atoms with van der Waals surface area (Å²) in [5.74, 6) is -1.28. The van der Waals surface area contributed by atoms with E-state index in [9.17, 15) is 9.59 Å². The van der Waals surface area contributed by atoms with Crippen LogP contribution in [0, 0.1) is 11.2 Å². The fraction of sp³-hybridized carbons (Fsp3) is 0.440. The first kappa shape index (κ1) is 21.2. The van der Waals surface area contributed by atoms with E-state index in [0.29, 0.717) is 17.8 Å². The van der Waals surface area contributed by atoms with E-state index >= 15 is 4.39 Å². The molecule has 1 aromatic carbocycles. The summed E-state index contributed by atoms with van der Waals surface area (Å²) in [7, 11) is 0. The number of hydrogen-bond donors (Lipinski definition) is 2. The number of carbonyl (C=O) groups excluding carboxylic acids is 2. The highest BCUT2D eigenvalue weighted by molar-refractivity contribution is 7.17. The molecule has 0 bridgehead atoms. The van der Waals surface area contributed by atoms with Crippen molar-refractivity contribution in [2.24, 2.45) is 11.1 Å². The van der Waals surface area contributed by atoms with Crippen LogP contribution in [0.4, 0.5) is 10.1 Å². The Morgan fingerprint density at radius 3 is 2.69 bits per heavy atom.